The lowest BCUT2D eigenvalue weighted by Gasteiger charge is -2.18. The van der Waals surface area contributed by atoms with Crippen LogP contribution in [0.5, 0.6) is 5.75 Å². The molecule has 3 nitrogen and oxygen atoms in total. The van der Waals surface area contributed by atoms with E-state index in [1.807, 2.05) is 30.3 Å². The standard InChI is InChI=1S/C17H20FNO2/c1-19-17(15-8-3-4-9-16(15)18)12-21-14-7-5-6-13(10-14)11-20-2/h3-10,17,19H,11-12H2,1-2H3. The summed E-state index contributed by atoms with van der Waals surface area (Å²) in [5.74, 6) is 0.523. The van der Waals surface area contributed by atoms with E-state index < -0.39 is 0 Å². The van der Waals surface area contributed by atoms with Crippen molar-refractivity contribution in [3.8, 4) is 5.75 Å². The highest BCUT2D eigenvalue weighted by Crippen LogP contribution is 2.19. The van der Waals surface area contributed by atoms with Crippen LogP contribution in [0.2, 0.25) is 0 Å². The highest BCUT2D eigenvalue weighted by molar-refractivity contribution is 5.28. The Labute approximate surface area is 124 Å². The second-order valence-corrected chi connectivity index (χ2v) is 4.75. The van der Waals surface area contributed by atoms with E-state index in [1.54, 1.807) is 26.3 Å². The predicted molar refractivity (Wildman–Crippen MR) is 80.9 cm³/mol. The molecular weight excluding hydrogens is 269 g/mol. The molecule has 0 aliphatic heterocycles. The molecule has 0 amide bonds. The summed E-state index contributed by atoms with van der Waals surface area (Å²) in [7, 11) is 3.45. The third-order valence-corrected chi connectivity index (χ3v) is 3.26. The first kappa shape index (κ1) is 15.5. The van der Waals surface area contributed by atoms with Crippen LogP contribution in [0.1, 0.15) is 17.2 Å². The fourth-order valence-electron chi connectivity index (χ4n) is 2.16. The Balaban J connectivity index is 2.03. The fourth-order valence-corrected chi connectivity index (χ4v) is 2.16. The van der Waals surface area contributed by atoms with Gasteiger partial charge in [0, 0.05) is 12.7 Å². The van der Waals surface area contributed by atoms with Crippen molar-refractivity contribution in [2.24, 2.45) is 0 Å². The summed E-state index contributed by atoms with van der Waals surface area (Å²) in [5, 5.41) is 3.08. The molecule has 112 valence electrons. The highest BCUT2D eigenvalue weighted by atomic mass is 19.1. The van der Waals surface area contributed by atoms with Crippen molar-refractivity contribution in [1.82, 2.24) is 5.32 Å². The Hall–Kier alpha value is -1.91. The summed E-state index contributed by atoms with van der Waals surface area (Å²) in [4.78, 5) is 0. The van der Waals surface area contributed by atoms with Crippen LogP contribution < -0.4 is 10.1 Å². The molecule has 2 aromatic rings. The third-order valence-electron chi connectivity index (χ3n) is 3.26. The van der Waals surface area contributed by atoms with Crippen molar-refractivity contribution in [3.05, 3.63) is 65.5 Å². The second-order valence-electron chi connectivity index (χ2n) is 4.75. The number of hydrogen-bond donors (Lipinski definition) is 1. The van der Waals surface area contributed by atoms with Crippen molar-refractivity contribution in [1.29, 1.82) is 0 Å². The average Bonchev–Trinajstić information content (AvgIpc) is 2.50. The van der Waals surface area contributed by atoms with Crippen LogP contribution in [0.3, 0.4) is 0 Å². The molecule has 1 atom stereocenters. The molecule has 0 radical (unpaired) electrons. The zero-order valence-electron chi connectivity index (χ0n) is 12.3. The Morgan fingerprint density at radius 2 is 1.95 bits per heavy atom. The van der Waals surface area contributed by atoms with E-state index in [1.165, 1.54) is 6.07 Å². The van der Waals surface area contributed by atoms with Gasteiger partial charge >= 0.3 is 0 Å². The van der Waals surface area contributed by atoms with Crippen molar-refractivity contribution >= 4 is 0 Å². The van der Waals surface area contributed by atoms with Gasteiger partial charge in [0.2, 0.25) is 0 Å². The molecule has 0 heterocycles. The maximum absolute atomic E-state index is 13.8. The minimum atomic E-state index is -0.228. The molecule has 1 unspecified atom stereocenters. The number of nitrogens with one attached hydrogen (secondary N) is 1. The molecule has 0 saturated carbocycles. The number of ether oxygens (including phenoxy) is 2. The molecule has 0 saturated heterocycles. The van der Waals surface area contributed by atoms with Gasteiger partial charge in [-0.05, 0) is 30.8 Å². The molecule has 0 spiro atoms. The number of halogens is 1. The summed E-state index contributed by atoms with van der Waals surface area (Å²) in [6, 6.07) is 14.2. The van der Waals surface area contributed by atoms with E-state index in [-0.39, 0.29) is 11.9 Å². The van der Waals surface area contributed by atoms with Gasteiger partial charge in [-0.2, -0.15) is 0 Å². The Morgan fingerprint density at radius 3 is 2.67 bits per heavy atom. The lowest BCUT2D eigenvalue weighted by atomic mass is 10.1. The van der Waals surface area contributed by atoms with E-state index in [2.05, 4.69) is 5.32 Å². The van der Waals surface area contributed by atoms with E-state index in [0.29, 0.717) is 18.8 Å². The first-order valence-corrected chi connectivity index (χ1v) is 6.87. The summed E-state index contributed by atoms with van der Waals surface area (Å²) in [6.45, 7) is 0.897. The number of hydrogen-bond acceptors (Lipinski definition) is 3. The fraction of sp³-hybridized carbons (Fsp3) is 0.294. The van der Waals surface area contributed by atoms with Gasteiger partial charge in [0.25, 0.3) is 0 Å². The van der Waals surface area contributed by atoms with Gasteiger partial charge in [-0.15, -0.1) is 0 Å². The number of rotatable bonds is 7. The second kappa shape index (κ2) is 7.76. The van der Waals surface area contributed by atoms with Crippen molar-refractivity contribution in [3.63, 3.8) is 0 Å². The smallest absolute Gasteiger partial charge is 0.128 e. The Morgan fingerprint density at radius 1 is 1.14 bits per heavy atom. The van der Waals surface area contributed by atoms with Crippen LogP contribution in [-0.2, 0) is 11.3 Å². The Bertz CT molecular complexity index is 574. The minimum absolute atomic E-state index is 0.197. The number of methoxy groups -OCH3 is 1. The summed E-state index contributed by atoms with van der Waals surface area (Å²) < 4.78 is 24.7. The van der Waals surface area contributed by atoms with Crippen molar-refractivity contribution in [2.45, 2.75) is 12.6 Å². The largest absolute Gasteiger partial charge is 0.492 e. The van der Waals surface area contributed by atoms with E-state index in [4.69, 9.17) is 9.47 Å². The van der Waals surface area contributed by atoms with Gasteiger partial charge in [-0.3, -0.25) is 0 Å². The van der Waals surface area contributed by atoms with E-state index >= 15 is 0 Å². The van der Waals surface area contributed by atoms with Gasteiger partial charge in [-0.25, -0.2) is 4.39 Å². The van der Waals surface area contributed by atoms with Gasteiger partial charge in [0.05, 0.1) is 12.6 Å². The molecule has 4 heteroatoms. The topological polar surface area (TPSA) is 30.5 Å². The zero-order valence-corrected chi connectivity index (χ0v) is 12.3. The van der Waals surface area contributed by atoms with Crippen molar-refractivity contribution in [2.75, 3.05) is 20.8 Å². The van der Waals surface area contributed by atoms with Crippen LogP contribution in [0.4, 0.5) is 4.39 Å². The Kier molecular flexibility index (Phi) is 5.72. The lowest BCUT2D eigenvalue weighted by molar-refractivity contribution is 0.184. The number of likely N-dealkylation sites (N-methyl/N-ethyl adjacent to an activating group) is 1. The molecular formula is C17H20FNO2. The maximum Gasteiger partial charge on any atom is 0.128 e. The summed E-state index contributed by atoms with van der Waals surface area (Å²) in [6.07, 6.45) is 0. The maximum atomic E-state index is 13.8. The first-order chi connectivity index (χ1) is 10.2. The molecule has 2 rings (SSSR count). The van der Waals surface area contributed by atoms with Gasteiger partial charge in [-0.1, -0.05) is 30.3 Å². The third kappa shape index (κ3) is 4.28. The van der Waals surface area contributed by atoms with Crippen LogP contribution in [0.15, 0.2) is 48.5 Å². The van der Waals surface area contributed by atoms with Crippen molar-refractivity contribution < 1.29 is 13.9 Å². The molecule has 0 bridgehead atoms. The molecule has 2 aromatic carbocycles. The quantitative estimate of drug-likeness (QED) is 0.848. The van der Waals surface area contributed by atoms with Gasteiger partial charge in [0.1, 0.15) is 18.2 Å². The van der Waals surface area contributed by atoms with Gasteiger partial charge < -0.3 is 14.8 Å². The molecule has 21 heavy (non-hydrogen) atoms. The van der Waals surface area contributed by atoms with Crippen LogP contribution in [0.25, 0.3) is 0 Å². The molecule has 0 fully saturated rings. The summed E-state index contributed by atoms with van der Waals surface area (Å²) in [5.41, 5.74) is 1.65. The normalized spacial score (nSPS) is 12.1. The van der Waals surface area contributed by atoms with Crippen LogP contribution >= 0.6 is 0 Å². The van der Waals surface area contributed by atoms with Crippen LogP contribution in [0, 0.1) is 5.82 Å². The van der Waals surface area contributed by atoms with Gasteiger partial charge in [0.15, 0.2) is 0 Å². The van der Waals surface area contributed by atoms with Crippen LogP contribution in [-0.4, -0.2) is 20.8 Å². The zero-order chi connectivity index (χ0) is 15.1. The SMILES string of the molecule is CNC(COc1cccc(COC)c1)c1ccccc1F. The summed E-state index contributed by atoms with van der Waals surface area (Å²) >= 11 is 0. The van der Waals surface area contributed by atoms with E-state index in [9.17, 15) is 4.39 Å². The molecule has 0 aromatic heterocycles. The molecule has 0 aliphatic rings. The molecule has 0 aliphatic carbocycles. The van der Waals surface area contributed by atoms with E-state index in [0.717, 1.165) is 11.3 Å². The lowest BCUT2D eigenvalue weighted by Crippen LogP contribution is -2.24. The minimum Gasteiger partial charge on any atom is -0.492 e. The first-order valence-electron chi connectivity index (χ1n) is 6.87. The number of benzene rings is 2. The predicted octanol–water partition coefficient (Wildman–Crippen LogP) is 3.31. The monoisotopic (exact) mass is 289 g/mol. The molecule has 1 N–H and O–H groups in total. The average molecular weight is 289 g/mol. The highest BCUT2D eigenvalue weighted by Gasteiger charge is 2.14.